The van der Waals surface area contributed by atoms with E-state index in [9.17, 15) is 18.0 Å². The average molecular weight is 621 g/mol. The lowest BCUT2D eigenvalue weighted by atomic mass is 9.93. The van der Waals surface area contributed by atoms with E-state index in [2.05, 4.69) is 20.9 Å². The molecule has 1 atom stereocenters. The van der Waals surface area contributed by atoms with Gasteiger partial charge in [0.2, 0.25) is 10.0 Å². The Hall–Kier alpha value is -2.37. The van der Waals surface area contributed by atoms with Crippen molar-refractivity contribution in [3.05, 3.63) is 63.3 Å². The number of Topliss-reactive ketones (excluding diaryl/α,β-unsaturated/α-hetero) is 1. The van der Waals surface area contributed by atoms with Crippen molar-refractivity contribution in [1.82, 2.24) is 9.29 Å². The van der Waals surface area contributed by atoms with E-state index in [1.807, 2.05) is 30.3 Å². The quantitative estimate of drug-likeness (QED) is 0.247. The summed E-state index contributed by atoms with van der Waals surface area (Å²) in [5.74, 6) is -0.228. The number of piperidine rings is 1. The lowest BCUT2D eigenvalue weighted by Gasteiger charge is -2.33. The standard InChI is InChI=1S/C27H27BrClN3O5S/c1-37-13-5-11-31-23-10-9-17(19-6-4-7-20(25(19)23)27(31)34)14-24(33)22-8-2-3-12-32(22)38(35,36)18-15-21(28)26(29)30-16-18/h4,6-7,9-10,15-16,22H,2-3,5,8,11-14H2,1H3. The zero-order valence-electron chi connectivity index (χ0n) is 20.8. The molecule has 0 radical (unpaired) electrons. The maximum Gasteiger partial charge on any atom is 0.258 e. The fraction of sp³-hybridized carbons (Fsp3) is 0.370. The SMILES string of the molecule is COCCCN1C(=O)c2cccc3c(CC(=O)C4CCCCN4S(=O)(=O)c4cnc(Cl)c(Br)c4)ccc1c23. The smallest absolute Gasteiger partial charge is 0.258 e. The van der Waals surface area contributed by atoms with Crippen molar-refractivity contribution in [1.29, 1.82) is 0 Å². The maximum atomic E-state index is 13.7. The van der Waals surface area contributed by atoms with Crippen molar-refractivity contribution in [2.45, 2.75) is 43.0 Å². The van der Waals surface area contributed by atoms with E-state index in [1.165, 1.54) is 16.6 Å². The van der Waals surface area contributed by atoms with Gasteiger partial charge in [0, 0.05) is 50.4 Å². The van der Waals surface area contributed by atoms with Crippen LogP contribution in [-0.2, 0) is 26.0 Å². The molecule has 2 aliphatic rings. The van der Waals surface area contributed by atoms with Crippen molar-refractivity contribution < 1.29 is 22.7 Å². The molecule has 1 fully saturated rings. The third-order valence-corrected chi connectivity index (χ3v) is 10.2. The van der Waals surface area contributed by atoms with Crippen LogP contribution in [0.25, 0.3) is 10.8 Å². The average Bonchev–Trinajstić information content (AvgIpc) is 3.19. The van der Waals surface area contributed by atoms with E-state index in [0.29, 0.717) is 42.5 Å². The highest BCUT2D eigenvalue weighted by Gasteiger charge is 2.38. The van der Waals surface area contributed by atoms with Crippen molar-refractivity contribution in [2.24, 2.45) is 0 Å². The number of hydrogen-bond donors (Lipinski definition) is 0. The molecule has 1 aromatic heterocycles. The van der Waals surface area contributed by atoms with Crippen LogP contribution < -0.4 is 4.90 Å². The molecule has 1 unspecified atom stereocenters. The minimum absolute atomic E-state index is 0.00844. The third-order valence-electron chi connectivity index (χ3n) is 7.17. The number of ketones is 1. The van der Waals surface area contributed by atoms with Gasteiger partial charge in [-0.15, -0.1) is 0 Å². The Morgan fingerprint density at radius 3 is 2.82 bits per heavy atom. The first-order valence-electron chi connectivity index (χ1n) is 12.4. The second-order valence-corrected chi connectivity index (χ2v) is 12.6. The van der Waals surface area contributed by atoms with Crippen LogP contribution in [0.2, 0.25) is 5.15 Å². The summed E-state index contributed by atoms with van der Waals surface area (Å²) < 4.78 is 33.9. The van der Waals surface area contributed by atoms with E-state index in [1.54, 1.807) is 12.0 Å². The van der Waals surface area contributed by atoms with Crippen LogP contribution in [0.4, 0.5) is 5.69 Å². The normalized spacial score (nSPS) is 17.9. The lowest BCUT2D eigenvalue weighted by Crippen LogP contribution is -2.48. The fourth-order valence-corrected chi connectivity index (χ4v) is 7.60. The summed E-state index contributed by atoms with van der Waals surface area (Å²) in [6, 6.07) is 9.96. The van der Waals surface area contributed by atoms with Gasteiger partial charge in [-0.25, -0.2) is 13.4 Å². The van der Waals surface area contributed by atoms with Crippen molar-refractivity contribution >= 4 is 65.7 Å². The molecule has 0 spiro atoms. The number of hydrogen-bond acceptors (Lipinski definition) is 6. The molecular formula is C27H27BrClN3O5S. The highest BCUT2D eigenvalue weighted by Crippen LogP contribution is 2.39. The van der Waals surface area contributed by atoms with Crippen LogP contribution in [0.1, 0.15) is 41.6 Å². The summed E-state index contributed by atoms with van der Waals surface area (Å²) in [6.45, 7) is 1.35. The summed E-state index contributed by atoms with van der Waals surface area (Å²) >= 11 is 9.20. The Balaban J connectivity index is 1.44. The van der Waals surface area contributed by atoms with Crippen LogP contribution in [-0.4, -0.2) is 62.2 Å². The van der Waals surface area contributed by atoms with Crippen LogP contribution in [0.3, 0.4) is 0 Å². The van der Waals surface area contributed by atoms with E-state index in [-0.39, 0.29) is 34.7 Å². The Labute approximate surface area is 235 Å². The Kier molecular flexibility index (Phi) is 7.89. The van der Waals surface area contributed by atoms with Gasteiger partial charge < -0.3 is 9.64 Å². The molecule has 3 heterocycles. The summed E-state index contributed by atoms with van der Waals surface area (Å²) in [6.07, 6.45) is 3.89. The molecule has 5 rings (SSSR count). The first kappa shape index (κ1) is 27.2. The molecule has 1 saturated heterocycles. The van der Waals surface area contributed by atoms with E-state index in [4.69, 9.17) is 16.3 Å². The molecule has 2 aromatic carbocycles. The number of nitrogens with zero attached hydrogens (tertiary/aromatic N) is 3. The maximum absolute atomic E-state index is 13.7. The Morgan fingerprint density at radius 1 is 1.24 bits per heavy atom. The highest BCUT2D eigenvalue weighted by molar-refractivity contribution is 9.10. The molecule has 0 saturated carbocycles. The summed E-state index contributed by atoms with van der Waals surface area (Å²) in [7, 11) is -2.33. The van der Waals surface area contributed by atoms with E-state index in [0.717, 1.165) is 28.4 Å². The molecule has 38 heavy (non-hydrogen) atoms. The molecule has 11 heteroatoms. The van der Waals surface area contributed by atoms with Crippen molar-refractivity contribution in [3.63, 3.8) is 0 Å². The number of ether oxygens (including phenoxy) is 1. The molecule has 3 aromatic rings. The monoisotopic (exact) mass is 619 g/mol. The topological polar surface area (TPSA) is 96.9 Å². The summed E-state index contributed by atoms with van der Waals surface area (Å²) in [5.41, 5.74) is 2.23. The van der Waals surface area contributed by atoms with Gasteiger partial charge in [0.15, 0.2) is 5.78 Å². The van der Waals surface area contributed by atoms with Crippen LogP contribution >= 0.6 is 27.5 Å². The summed E-state index contributed by atoms with van der Waals surface area (Å²) in [4.78, 5) is 32.5. The molecule has 0 aliphatic carbocycles. The first-order chi connectivity index (χ1) is 18.2. The highest BCUT2D eigenvalue weighted by atomic mass is 79.9. The number of anilines is 1. The number of carbonyl (C=O) groups is 2. The number of benzene rings is 2. The second kappa shape index (κ2) is 11.0. The minimum atomic E-state index is -3.96. The van der Waals surface area contributed by atoms with Crippen LogP contribution in [0.5, 0.6) is 0 Å². The number of aromatic nitrogens is 1. The Morgan fingerprint density at radius 2 is 2.05 bits per heavy atom. The third kappa shape index (κ3) is 4.88. The van der Waals surface area contributed by atoms with Gasteiger partial charge in [0.05, 0.1) is 16.2 Å². The van der Waals surface area contributed by atoms with Crippen molar-refractivity contribution in [3.8, 4) is 0 Å². The van der Waals surface area contributed by atoms with Crippen LogP contribution in [0.15, 0.2) is 52.0 Å². The second-order valence-electron chi connectivity index (χ2n) is 9.49. The zero-order valence-corrected chi connectivity index (χ0v) is 24.0. The van der Waals surface area contributed by atoms with Gasteiger partial charge in [0.1, 0.15) is 10.0 Å². The number of halogens is 2. The number of sulfonamides is 1. The molecule has 0 N–H and O–H groups in total. The number of methoxy groups -OCH3 is 1. The predicted molar refractivity (Wildman–Crippen MR) is 149 cm³/mol. The molecule has 8 nitrogen and oxygen atoms in total. The van der Waals surface area contributed by atoms with Crippen molar-refractivity contribution in [2.75, 3.05) is 31.7 Å². The number of rotatable bonds is 9. The van der Waals surface area contributed by atoms with Crippen LogP contribution in [0, 0.1) is 0 Å². The molecule has 2 aliphatic heterocycles. The fourth-order valence-electron chi connectivity index (χ4n) is 5.35. The molecule has 200 valence electrons. The van der Waals surface area contributed by atoms with Gasteiger partial charge >= 0.3 is 0 Å². The first-order valence-corrected chi connectivity index (χ1v) is 15.1. The van der Waals surface area contributed by atoms with E-state index < -0.39 is 16.1 Å². The minimum Gasteiger partial charge on any atom is -0.385 e. The van der Waals surface area contributed by atoms with Gasteiger partial charge in [-0.05, 0) is 64.3 Å². The van der Waals surface area contributed by atoms with Gasteiger partial charge in [-0.1, -0.05) is 36.2 Å². The zero-order chi connectivity index (χ0) is 27.0. The van der Waals surface area contributed by atoms with Gasteiger partial charge in [-0.2, -0.15) is 4.31 Å². The Bertz CT molecular complexity index is 1530. The number of amides is 1. The predicted octanol–water partition coefficient (Wildman–Crippen LogP) is 5.00. The largest absolute Gasteiger partial charge is 0.385 e. The van der Waals surface area contributed by atoms with E-state index >= 15 is 0 Å². The summed E-state index contributed by atoms with van der Waals surface area (Å²) in [5, 5.41) is 1.84. The molecule has 1 amide bonds. The number of pyridine rings is 1. The van der Waals surface area contributed by atoms with Gasteiger partial charge in [0.25, 0.3) is 5.91 Å². The number of carbonyl (C=O) groups excluding carboxylic acids is 2. The molecule has 0 bridgehead atoms. The molecular weight excluding hydrogens is 594 g/mol. The van der Waals surface area contributed by atoms with Gasteiger partial charge in [-0.3, -0.25) is 9.59 Å². The lowest BCUT2D eigenvalue weighted by molar-refractivity contribution is -0.122.